The van der Waals surface area contributed by atoms with Crippen molar-refractivity contribution in [2.45, 2.75) is 18.7 Å². The van der Waals surface area contributed by atoms with E-state index in [0.717, 1.165) is 12.1 Å². The molecule has 31 heavy (non-hydrogen) atoms. The molecule has 0 saturated carbocycles. The highest BCUT2D eigenvalue weighted by atomic mass is 32.2. The second-order valence-corrected chi connectivity index (χ2v) is 9.47. The SMILES string of the molecule is O=C(Nc1ccc(F)cc1F)N1C[C@@H]2OCCS(=O)(=O)N(Cc3cccc(F)c3)[C@@H]2C1. The Kier molecular flexibility index (Phi) is 5.91. The molecule has 1 N–H and O–H groups in total. The Bertz CT molecular complexity index is 1100. The van der Waals surface area contributed by atoms with Gasteiger partial charge in [0.15, 0.2) is 0 Å². The number of ether oxygens (including phenoxy) is 1. The molecule has 0 unspecified atom stereocenters. The van der Waals surface area contributed by atoms with Crippen LogP contribution in [-0.4, -0.2) is 61.2 Å². The lowest BCUT2D eigenvalue weighted by atomic mass is 10.1. The van der Waals surface area contributed by atoms with Crippen molar-refractivity contribution in [2.24, 2.45) is 0 Å². The number of anilines is 1. The fourth-order valence-corrected chi connectivity index (χ4v) is 5.31. The highest BCUT2D eigenvalue weighted by Crippen LogP contribution is 2.28. The molecule has 4 rings (SSSR count). The molecule has 0 aromatic heterocycles. The van der Waals surface area contributed by atoms with Gasteiger partial charge in [0, 0.05) is 19.2 Å². The lowest BCUT2D eigenvalue weighted by molar-refractivity contribution is 0.0472. The summed E-state index contributed by atoms with van der Waals surface area (Å²) in [5, 5.41) is 2.37. The van der Waals surface area contributed by atoms with Crippen LogP contribution in [0.25, 0.3) is 0 Å². The van der Waals surface area contributed by atoms with Crippen LogP contribution in [0.1, 0.15) is 5.56 Å². The van der Waals surface area contributed by atoms with Crippen LogP contribution in [0.2, 0.25) is 0 Å². The number of halogens is 3. The van der Waals surface area contributed by atoms with E-state index in [0.29, 0.717) is 11.6 Å². The van der Waals surface area contributed by atoms with Crippen LogP contribution in [0.3, 0.4) is 0 Å². The lowest BCUT2D eigenvalue weighted by Crippen LogP contribution is -2.45. The van der Waals surface area contributed by atoms with Crippen LogP contribution in [0.5, 0.6) is 0 Å². The number of likely N-dealkylation sites (tertiary alicyclic amines) is 1. The Balaban J connectivity index is 1.54. The molecule has 2 aromatic carbocycles. The Hall–Kier alpha value is -2.63. The minimum absolute atomic E-state index is 0.00780. The average Bonchev–Trinajstić information content (AvgIpc) is 3.07. The van der Waals surface area contributed by atoms with Gasteiger partial charge in [-0.1, -0.05) is 12.1 Å². The molecule has 0 bridgehead atoms. The first-order chi connectivity index (χ1) is 14.7. The lowest BCUT2D eigenvalue weighted by Gasteiger charge is -2.28. The van der Waals surface area contributed by atoms with Crippen molar-refractivity contribution >= 4 is 21.7 Å². The van der Waals surface area contributed by atoms with Gasteiger partial charge < -0.3 is 15.0 Å². The van der Waals surface area contributed by atoms with Gasteiger partial charge in [-0.2, -0.15) is 4.31 Å². The molecule has 0 aliphatic carbocycles. The number of nitrogens with one attached hydrogen (secondary N) is 1. The summed E-state index contributed by atoms with van der Waals surface area (Å²) in [6.45, 7) is 0.000212. The number of urea groups is 1. The maximum atomic E-state index is 13.9. The number of nitrogens with zero attached hydrogens (tertiary/aromatic N) is 2. The average molecular weight is 455 g/mol. The number of sulfonamides is 1. The highest BCUT2D eigenvalue weighted by Gasteiger charge is 2.45. The van der Waals surface area contributed by atoms with Gasteiger partial charge >= 0.3 is 6.03 Å². The summed E-state index contributed by atoms with van der Waals surface area (Å²) in [6.07, 6.45) is -0.588. The maximum absolute atomic E-state index is 13.9. The highest BCUT2D eigenvalue weighted by molar-refractivity contribution is 7.89. The fraction of sp³-hybridized carbons (Fsp3) is 0.350. The third-order valence-electron chi connectivity index (χ3n) is 5.32. The van der Waals surface area contributed by atoms with Gasteiger partial charge in [-0.3, -0.25) is 0 Å². The van der Waals surface area contributed by atoms with E-state index in [1.54, 1.807) is 6.07 Å². The van der Waals surface area contributed by atoms with Gasteiger partial charge in [0.05, 0.1) is 36.7 Å². The standard InChI is InChI=1S/C20H20F3N3O4S/c21-14-3-1-2-13(8-14)10-26-18-11-25(12-19(18)30-6-7-31(26,28)29)20(27)24-17-5-4-15(22)9-16(17)23/h1-5,8-9,18-19H,6-7,10-12H2,(H,24,27)/t18-,19+/m1/s1. The van der Waals surface area contributed by atoms with Crippen LogP contribution in [-0.2, 0) is 21.3 Å². The number of hydrogen-bond acceptors (Lipinski definition) is 4. The van der Waals surface area contributed by atoms with Crippen molar-refractivity contribution in [3.63, 3.8) is 0 Å². The van der Waals surface area contributed by atoms with Crippen molar-refractivity contribution in [3.8, 4) is 0 Å². The molecule has 2 aliphatic heterocycles. The maximum Gasteiger partial charge on any atom is 0.322 e. The zero-order chi connectivity index (χ0) is 22.2. The number of carbonyl (C=O) groups is 1. The number of amides is 2. The van der Waals surface area contributed by atoms with E-state index in [-0.39, 0.29) is 37.7 Å². The van der Waals surface area contributed by atoms with E-state index in [4.69, 9.17) is 4.74 Å². The molecule has 11 heteroatoms. The molecule has 2 aromatic rings. The van der Waals surface area contributed by atoms with E-state index in [9.17, 15) is 26.4 Å². The predicted molar refractivity (Wildman–Crippen MR) is 106 cm³/mol. The number of rotatable bonds is 3. The number of fused-ring (bicyclic) bond motifs is 1. The second kappa shape index (κ2) is 8.48. The van der Waals surface area contributed by atoms with E-state index < -0.39 is 45.7 Å². The molecule has 7 nitrogen and oxygen atoms in total. The first kappa shape index (κ1) is 21.6. The summed E-state index contributed by atoms with van der Waals surface area (Å²) >= 11 is 0. The quantitative estimate of drug-likeness (QED) is 0.772. The third kappa shape index (κ3) is 4.68. The second-order valence-electron chi connectivity index (χ2n) is 7.43. The topological polar surface area (TPSA) is 79.0 Å². The molecule has 2 amide bonds. The van der Waals surface area contributed by atoms with Crippen molar-refractivity contribution in [1.29, 1.82) is 0 Å². The van der Waals surface area contributed by atoms with Gasteiger partial charge in [0.2, 0.25) is 10.0 Å². The molecular formula is C20H20F3N3O4S. The summed E-state index contributed by atoms with van der Waals surface area (Å²) in [7, 11) is -3.72. The first-order valence-corrected chi connectivity index (χ1v) is 11.2. The van der Waals surface area contributed by atoms with Gasteiger partial charge in [-0.15, -0.1) is 0 Å². The minimum atomic E-state index is -3.72. The van der Waals surface area contributed by atoms with Gasteiger partial charge in [-0.25, -0.2) is 26.4 Å². The molecule has 0 radical (unpaired) electrons. The summed E-state index contributed by atoms with van der Waals surface area (Å²) in [6, 6.07) is 7.07. The van der Waals surface area contributed by atoms with Crippen LogP contribution < -0.4 is 5.32 Å². The zero-order valence-electron chi connectivity index (χ0n) is 16.3. The van der Waals surface area contributed by atoms with Gasteiger partial charge in [0.25, 0.3) is 0 Å². The monoisotopic (exact) mass is 455 g/mol. The predicted octanol–water partition coefficient (Wildman–Crippen LogP) is 2.55. The van der Waals surface area contributed by atoms with E-state index in [2.05, 4.69) is 5.32 Å². The van der Waals surface area contributed by atoms with E-state index in [1.807, 2.05) is 0 Å². The normalized spacial score (nSPS) is 23.3. The van der Waals surface area contributed by atoms with Crippen molar-refractivity contribution < 1.29 is 31.1 Å². The van der Waals surface area contributed by atoms with Crippen LogP contribution >= 0.6 is 0 Å². The summed E-state index contributed by atoms with van der Waals surface area (Å²) in [5.41, 5.74) is 0.282. The van der Waals surface area contributed by atoms with E-state index in [1.165, 1.54) is 27.4 Å². The largest absolute Gasteiger partial charge is 0.374 e. The molecule has 2 atom stereocenters. The molecule has 166 valence electrons. The molecule has 2 fully saturated rings. The van der Waals surface area contributed by atoms with Crippen LogP contribution in [0.15, 0.2) is 42.5 Å². The summed E-state index contributed by atoms with van der Waals surface area (Å²) < 4.78 is 73.1. The Morgan fingerprint density at radius 1 is 1.10 bits per heavy atom. The number of carbonyl (C=O) groups excluding carboxylic acids is 1. The van der Waals surface area contributed by atoms with Crippen molar-refractivity contribution in [3.05, 3.63) is 65.5 Å². The molecular weight excluding hydrogens is 435 g/mol. The number of benzene rings is 2. The smallest absolute Gasteiger partial charge is 0.322 e. The van der Waals surface area contributed by atoms with E-state index >= 15 is 0 Å². The number of hydrogen-bond donors (Lipinski definition) is 1. The first-order valence-electron chi connectivity index (χ1n) is 9.59. The summed E-state index contributed by atoms with van der Waals surface area (Å²) in [4.78, 5) is 14.0. The molecule has 2 heterocycles. The summed E-state index contributed by atoms with van der Waals surface area (Å²) in [5.74, 6) is -2.40. The Morgan fingerprint density at radius 3 is 2.61 bits per heavy atom. The van der Waals surface area contributed by atoms with Gasteiger partial charge in [-0.05, 0) is 29.8 Å². The molecule has 2 saturated heterocycles. The molecule has 2 aliphatic rings. The Labute approximate surface area is 177 Å². The molecule has 0 spiro atoms. The van der Waals surface area contributed by atoms with Crippen molar-refractivity contribution in [2.75, 3.05) is 30.8 Å². The van der Waals surface area contributed by atoms with Crippen LogP contribution in [0, 0.1) is 17.5 Å². The van der Waals surface area contributed by atoms with Crippen molar-refractivity contribution in [1.82, 2.24) is 9.21 Å². The third-order valence-corrected chi connectivity index (χ3v) is 7.12. The van der Waals surface area contributed by atoms with Crippen LogP contribution in [0.4, 0.5) is 23.7 Å². The Morgan fingerprint density at radius 2 is 1.87 bits per heavy atom. The fourth-order valence-electron chi connectivity index (χ4n) is 3.81. The minimum Gasteiger partial charge on any atom is -0.374 e. The van der Waals surface area contributed by atoms with Gasteiger partial charge in [0.1, 0.15) is 17.5 Å². The zero-order valence-corrected chi connectivity index (χ0v) is 17.1.